The summed E-state index contributed by atoms with van der Waals surface area (Å²) in [5, 5.41) is 10.5. The summed E-state index contributed by atoms with van der Waals surface area (Å²) < 4.78 is 19.7. The molecule has 0 aliphatic carbocycles. The Morgan fingerprint density at radius 3 is 2.73 bits per heavy atom. The Bertz CT molecular complexity index is 957. The molecular formula is C20H18FNO3S. The van der Waals surface area contributed by atoms with Gasteiger partial charge in [0, 0.05) is 22.5 Å². The molecule has 0 aliphatic rings. The van der Waals surface area contributed by atoms with Gasteiger partial charge in [0.1, 0.15) is 11.6 Å². The maximum atomic E-state index is 13.8. The molecule has 0 bridgehead atoms. The average Bonchev–Trinajstić information content (AvgIpc) is 2.60. The van der Waals surface area contributed by atoms with E-state index in [2.05, 4.69) is 11.9 Å². The van der Waals surface area contributed by atoms with Crippen LogP contribution in [0.25, 0.3) is 10.8 Å². The van der Waals surface area contributed by atoms with Crippen molar-refractivity contribution in [1.29, 1.82) is 0 Å². The summed E-state index contributed by atoms with van der Waals surface area (Å²) in [6, 6.07) is 9.79. The molecule has 0 radical (unpaired) electrons. The fraction of sp³-hybridized carbons (Fsp3) is 0.200. The lowest BCUT2D eigenvalue weighted by molar-refractivity contribution is -0.136. The lowest BCUT2D eigenvalue weighted by Crippen LogP contribution is -2.04. The Hall–Kier alpha value is -2.60. The third-order valence-corrected chi connectivity index (χ3v) is 4.84. The zero-order chi connectivity index (χ0) is 18.7. The number of nitrogens with zero attached hydrogens (tertiary/aromatic N) is 1. The van der Waals surface area contributed by atoms with Crippen molar-refractivity contribution in [2.45, 2.75) is 25.2 Å². The summed E-state index contributed by atoms with van der Waals surface area (Å²) in [4.78, 5) is 16.5. The van der Waals surface area contributed by atoms with E-state index in [1.165, 1.54) is 12.1 Å². The van der Waals surface area contributed by atoms with E-state index < -0.39 is 5.97 Å². The number of aromatic nitrogens is 1. The number of halogens is 1. The van der Waals surface area contributed by atoms with Gasteiger partial charge in [0.15, 0.2) is 0 Å². The van der Waals surface area contributed by atoms with Crippen molar-refractivity contribution in [2.75, 3.05) is 5.75 Å². The molecule has 0 unspecified atom stereocenters. The third-order valence-electron chi connectivity index (χ3n) is 3.98. The normalized spacial score (nSPS) is 10.9. The first kappa shape index (κ1) is 18.2. The zero-order valence-corrected chi connectivity index (χ0v) is 15.3. The van der Waals surface area contributed by atoms with Crippen LogP contribution in [0.4, 0.5) is 4.39 Å². The van der Waals surface area contributed by atoms with Gasteiger partial charge in [0.25, 0.3) is 0 Å². The molecular weight excluding hydrogens is 353 g/mol. The highest BCUT2D eigenvalue weighted by Crippen LogP contribution is 2.36. The largest absolute Gasteiger partial charge is 0.481 e. The second-order valence-electron chi connectivity index (χ2n) is 5.79. The standard InChI is InChI=1S/C20H18FNO3S/c1-3-26-16-6-7-18(22-11-16)25-20-12(2)14(9-19(23)24)8-13-4-5-15(21)10-17(13)20/h4-8,10-11H,3,9H2,1-2H3,(H,23,24). The average molecular weight is 371 g/mol. The Morgan fingerprint density at radius 2 is 2.08 bits per heavy atom. The lowest BCUT2D eigenvalue weighted by Gasteiger charge is -2.15. The van der Waals surface area contributed by atoms with Gasteiger partial charge in [-0.05, 0) is 47.4 Å². The molecule has 6 heteroatoms. The molecule has 3 aromatic rings. The number of fused-ring (bicyclic) bond motifs is 1. The summed E-state index contributed by atoms with van der Waals surface area (Å²) in [7, 11) is 0. The molecule has 0 spiro atoms. The molecule has 4 nitrogen and oxygen atoms in total. The van der Waals surface area contributed by atoms with Crippen LogP contribution in [0, 0.1) is 12.7 Å². The SMILES string of the molecule is CCSc1ccc(Oc2c(C)c(CC(=O)O)cc3ccc(F)cc23)nc1. The van der Waals surface area contributed by atoms with Crippen molar-refractivity contribution in [1.82, 2.24) is 4.98 Å². The van der Waals surface area contributed by atoms with E-state index in [4.69, 9.17) is 9.84 Å². The number of hydrogen-bond acceptors (Lipinski definition) is 4. The summed E-state index contributed by atoms with van der Waals surface area (Å²) in [6.07, 6.45) is 1.59. The minimum Gasteiger partial charge on any atom is -0.481 e. The maximum Gasteiger partial charge on any atom is 0.307 e. The van der Waals surface area contributed by atoms with Gasteiger partial charge in [-0.2, -0.15) is 0 Å². The third kappa shape index (κ3) is 3.96. The molecule has 0 aliphatic heterocycles. The van der Waals surface area contributed by atoms with Gasteiger partial charge in [-0.25, -0.2) is 9.37 Å². The van der Waals surface area contributed by atoms with Crippen LogP contribution in [-0.4, -0.2) is 21.8 Å². The number of carboxylic acid groups (broad SMARTS) is 1. The molecule has 1 aromatic heterocycles. The van der Waals surface area contributed by atoms with Gasteiger partial charge < -0.3 is 9.84 Å². The second kappa shape index (κ2) is 7.74. The fourth-order valence-corrected chi connectivity index (χ4v) is 3.38. The molecule has 134 valence electrons. The van der Waals surface area contributed by atoms with Gasteiger partial charge in [-0.1, -0.05) is 19.1 Å². The molecule has 1 N–H and O–H groups in total. The first-order valence-corrected chi connectivity index (χ1v) is 9.16. The fourth-order valence-electron chi connectivity index (χ4n) is 2.76. The Labute approximate surface area is 155 Å². The van der Waals surface area contributed by atoms with E-state index in [-0.39, 0.29) is 12.2 Å². The minimum absolute atomic E-state index is 0.130. The van der Waals surface area contributed by atoms with Crippen LogP contribution in [-0.2, 0) is 11.2 Å². The number of benzene rings is 2. The van der Waals surface area contributed by atoms with Crippen molar-refractivity contribution >= 4 is 28.5 Å². The highest BCUT2D eigenvalue weighted by Gasteiger charge is 2.15. The molecule has 3 rings (SSSR count). The lowest BCUT2D eigenvalue weighted by atomic mass is 9.98. The minimum atomic E-state index is -0.931. The van der Waals surface area contributed by atoms with Gasteiger partial charge in [-0.15, -0.1) is 11.8 Å². The number of carbonyl (C=O) groups is 1. The van der Waals surface area contributed by atoms with Crippen LogP contribution in [0.2, 0.25) is 0 Å². The molecule has 2 aromatic carbocycles. The molecule has 0 fully saturated rings. The first-order valence-electron chi connectivity index (χ1n) is 8.18. The van der Waals surface area contributed by atoms with E-state index >= 15 is 0 Å². The van der Waals surface area contributed by atoms with Gasteiger partial charge in [-0.3, -0.25) is 4.79 Å². The van der Waals surface area contributed by atoms with Gasteiger partial charge in [0.05, 0.1) is 6.42 Å². The van der Waals surface area contributed by atoms with Gasteiger partial charge in [0.2, 0.25) is 5.88 Å². The van der Waals surface area contributed by atoms with E-state index in [1.807, 2.05) is 6.07 Å². The van der Waals surface area contributed by atoms with Crippen molar-refractivity contribution < 1.29 is 19.0 Å². The van der Waals surface area contributed by atoms with Crippen molar-refractivity contribution in [3.8, 4) is 11.6 Å². The Balaban J connectivity index is 2.08. The maximum absolute atomic E-state index is 13.8. The Kier molecular flexibility index (Phi) is 5.42. The predicted octanol–water partition coefficient (Wildman–Crippen LogP) is 5.21. The number of pyridine rings is 1. The molecule has 26 heavy (non-hydrogen) atoms. The van der Waals surface area contributed by atoms with Crippen LogP contribution in [0.1, 0.15) is 18.1 Å². The molecule has 0 saturated carbocycles. The van der Waals surface area contributed by atoms with E-state index in [0.29, 0.717) is 28.1 Å². The van der Waals surface area contributed by atoms with Crippen LogP contribution < -0.4 is 4.74 Å². The number of carboxylic acids is 1. The van der Waals surface area contributed by atoms with Crippen LogP contribution in [0.5, 0.6) is 11.6 Å². The number of hydrogen-bond donors (Lipinski definition) is 1. The topological polar surface area (TPSA) is 59.4 Å². The van der Waals surface area contributed by atoms with Crippen molar-refractivity contribution in [2.24, 2.45) is 0 Å². The molecule has 0 atom stereocenters. The van der Waals surface area contributed by atoms with E-state index in [1.54, 1.807) is 43.1 Å². The first-order chi connectivity index (χ1) is 12.5. The molecule has 0 saturated heterocycles. The number of aliphatic carboxylic acids is 1. The van der Waals surface area contributed by atoms with Gasteiger partial charge >= 0.3 is 5.97 Å². The summed E-state index contributed by atoms with van der Waals surface area (Å²) in [6.45, 7) is 3.84. The molecule has 0 amide bonds. The number of rotatable bonds is 6. The monoisotopic (exact) mass is 371 g/mol. The van der Waals surface area contributed by atoms with Crippen LogP contribution in [0.3, 0.4) is 0 Å². The second-order valence-corrected chi connectivity index (χ2v) is 7.13. The summed E-state index contributed by atoms with van der Waals surface area (Å²) in [5.74, 6) is 0.450. The summed E-state index contributed by atoms with van der Waals surface area (Å²) >= 11 is 1.67. The number of thioether (sulfide) groups is 1. The highest BCUT2D eigenvalue weighted by atomic mass is 32.2. The van der Waals surface area contributed by atoms with Crippen LogP contribution in [0.15, 0.2) is 47.5 Å². The van der Waals surface area contributed by atoms with Crippen LogP contribution >= 0.6 is 11.8 Å². The quantitative estimate of drug-likeness (QED) is 0.603. The van der Waals surface area contributed by atoms with E-state index in [0.717, 1.165) is 16.0 Å². The smallest absolute Gasteiger partial charge is 0.307 e. The Morgan fingerprint density at radius 1 is 1.27 bits per heavy atom. The number of ether oxygens (including phenoxy) is 1. The summed E-state index contributed by atoms with van der Waals surface area (Å²) in [5.41, 5.74) is 1.30. The zero-order valence-electron chi connectivity index (χ0n) is 14.5. The van der Waals surface area contributed by atoms with E-state index in [9.17, 15) is 9.18 Å². The molecule has 1 heterocycles. The highest BCUT2D eigenvalue weighted by molar-refractivity contribution is 7.99. The predicted molar refractivity (Wildman–Crippen MR) is 101 cm³/mol. The van der Waals surface area contributed by atoms with Crippen molar-refractivity contribution in [3.05, 3.63) is 59.5 Å². The van der Waals surface area contributed by atoms with Crippen molar-refractivity contribution in [3.63, 3.8) is 0 Å².